The molecule has 0 aromatic rings. The topological polar surface area (TPSA) is 163 Å². The molecular formula is C33H51Cl2N5O7. The average Bonchev–Trinajstić information content (AvgIpc) is 3.26. The van der Waals surface area contributed by atoms with Crippen molar-refractivity contribution >= 4 is 58.7 Å². The van der Waals surface area contributed by atoms with Gasteiger partial charge in [0.1, 0.15) is 22.0 Å². The van der Waals surface area contributed by atoms with Gasteiger partial charge in [0.25, 0.3) is 5.91 Å². The minimum absolute atomic E-state index is 0.0778. The van der Waals surface area contributed by atoms with E-state index in [1.54, 1.807) is 26.8 Å². The van der Waals surface area contributed by atoms with Crippen molar-refractivity contribution in [1.82, 2.24) is 26.2 Å². The Hall–Kier alpha value is -2.86. The van der Waals surface area contributed by atoms with Crippen molar-refractivity contribution in [3.05, 3.63) is 12.7 Å². The molecule has 3 aliphatic rings. The Labute approximate surface area is 287 Å². The highest BCUT2D eigenvalue weighted by Crippen LogP contribution is 2.65. The van der Waals surface area contributed by atoms with Crippen LogP contribution in [0.15, 0.2) is 12.7 Å². The minimum atomic E-state index is -1.24. The predicted octanol–water partition coefficient (Wildman–Crippen LogP) is 3.53. The van der Waals surface area contributed by atoms with Gasteiger partial charge in [-0.15, -0.1) is 29.8 Å². The molecule has 2 saturated carbocycles. The van der Waals surface area contributed by atoms with Crippen LogP contribution in [-0.4, -0.2) is 87.1 Å². The second-order valence-corrected chi connectivity index (χ2v) is 16.3. The third-order valence-corrected chi connectivity index (χ3v) is 9.66. The van der Waals surface area contributed by atoms with E-state index in [1.807, 2.05) is 20.8 Å². The van der Waals surface area contributed by atoms with Crippen LogP contribution in [0.4, 0.5) is 4.79 Å². The predicted molar refractivity (Wildman–Crippen MR) is 179 cm³/mol. The molecule has 264 valence electrons. The molecule has 47 heavy (non-hydrogen) atoms. The number of fused-ring (bicyclic) bond motifs is 1. The van der Waals surface area contributed by atoms with E-state index in [0.717, 1.165) is 32.1 Å². The normalized spacial score (nSPS) is 23.4. The summed E-state index contributed by atoms with van der Waals surface area (Å²) in [4.78, 5) is 80.6. The molecule has 5 atom stereocenters. The summed E-state index contributed by atoms with van der Waals surface area (Å²) in [5.41, 5.74) is -1.23. The first-order valence-corrected chi connectivity index (χ1v) is 17.2. The number of hydrogen-bond acceptors (Lipinski definition) is 7. The Bertz CT molecular complexity index is 1220. The van der Waals surface area contributed by atoms with Gasteiger partial charge in [0, 0.05) is 30.5 Å². The van der Waals surface area contributed by atoms with Crippen LogP contribution < -0.4 is 21.3 Å². The molecule has 0 bridgehead atoms. The number of Topliss-reactive ketones (excluding diaryl/α,β-unsaturated/α-hetero) is 1. The molecular weight excluding hydrogens is 649 g/mol. The van der Waals surface area contributed by atoms with Gasteiger partial charge in [0.2, 0.25) is 17.6 Å². The Morgan fingerprint density at radius 1 is 1.00 bits per heavy atom. The van der Waals surface area contributed by atoms with Crippen LogP contribution in [0.3, 0.4) is 0 Å². The molecule has 1 aliphatic heterocycles. The number of esters is 1. The van der Waals surface area contributed by atoms with Crippen LogP contribution in [0.2, 0.25) is 0 Å². The molecule has 0 radical (unpaired) electrons. The van der Waals surface area contributed by atoms with E-state index in [0.29, 0.717) is 6.42 Å². The molecule has 3 rings (SSSR count). The van der Waals surface area contributed by atoms with Crippen LogP contribution in [0.25, 0.3) is 0 Å². The number of likely N-dealkylation sites (tertiary alicyclic amines) is 1. The standard InChI is InChI=1S/C33H51Cl2N5O7/c1-8-9-15-21(26(42)28(44)36-17-16-22(41)47-32(5,6)7)37-27(43)25-23-20(33(23,34)35)18-40(25)29(45)24(19-13-11-10-12-14-19)38-30(46)39-31(2,3)4/h8,19-21,23-25H,1,9-18H2,2-7H3,(H,36,44)(H,37,43)(H2,38,39,46)/t20?,21?,23?,24-,25-/m0/s1. The van der Waals surface area contributed by atoms with Gasteiger partial charge in [0.15, 0.2) is 0 Å². The third-order valence-electron chi connectivity index (χ3n) is 8.60. The molecule has 12 nitrogen and oxygen atoms in total. The molecule has 2 aliphatic carbocycles. The summed E-state index contributed by atoms with van der Waals surface area (Å²) in [6, 6.07) is -3.71. The Kier molecular flexibility index (Phi) is 12.8. The van der Waals surface area contributed by atoms with Crippen LogP contribution in [0.1, 0.15) is 92.9 Å². The van der Waals surface area contributed by atoms with Crippen molar-refractivity contribution in [3.8, 4) is 0 Å². The molecule has 5 amide bonds. The Morgan fingerprint density at radius 2 is 1.64 bits per heavy atom. The first kappa shape index (κ1) is 38.6. The maximum absolute atomic E-state index is 14.2. The maximum Gasteiger partial charge on any atom is 0.315 e. The molecule has 0 aromatic carbocycles. The Balaban J connectivity index is 1.77. The van der Waals surface area contributed by atoms with Gasteiger partial charge < -0.3 is 30.9 Å². The molecule has 3 unspecified atom stereocenters. The highest BCUT2D eigenvalue weighted by molar-refractivity contribution is 6.51. The van der Waals surface area contributed by atoms with E-state index in [1.165, 1.54) is 4.90 Å². The van der Waals surface area contributed by atoms with Gasteiger partial charge in [-0.3, -0.25) is 24.0 Å². The smallest absolute Gasteiger partial charge is 0.315 e. The van der Waals surface area contributed by atoms with Crippen molar-refractivity contribution in [1.29, 1.82) is 0 Å². The molecule has 1 heterocycles. The number of carbonyl (C=O) groups excluding carboxylic acids is 6. The monoisotopic (exact) mass is 699 g/mol. The summed E-state index contributed by atoms with van der Waals surface area (Å²) in [5, 5.41) is 10.8. The first-order chi connectivity index (χ1) is 21.8. The molecule has 1 saturated heterocycles. The lowest BCUT2D eigenvalue weighted by atomic mass is 9.83. The van der Waals surface area contributed by atoms with Crippen molar-refractivity contribution in [3.63, 3.8) is 0 Å². The van der Waals surface area contributed by atoms with E-state index in [2.05, 4.69) is 27.8 Å². The first-order valence-electron chi connectivity index (χ1n) is 16.5. The quantitative estimate of drug-likeness (QED) is 0.0989. The number of amides is 5. The van der Waals surface area contributed by atoms with Crippen LogP contribution in [0, 0.1) is 17.8 Å². The summed E-state index contributed by atoms with van der Waals surface area (Å²) in [6.07, 6.45) is 6.19. The van der Waals surface area contributed by atoms with Gasteiger partial charge in [0.05, 0.1) is 12.5 Å². The van der Waals surface area contributed by atoms with E-state index < -0.39 is 75.0 Å². The number of halogens is 2. The number of nitrogens with one attached hydrogen (secondary N) is 4. The van der Waals surface area contributed by atoms with Gasteiger partial charge >= 0.3 is 12.0 Å². The summed E-state index contributed by atoms with van der Waals surface area (Å²) in [5.74, 6) is -4.58. The number of carbonyl (C=O) groups is 6. The molecule has 4 N–H and O–H groups in total. The SMILES string of the molecule is C=CCCC(NC(=O)[C@@H]1C2C(CN1C(=O)[C@@H](NC(=O)NC(C)(C)C)C1CCCCC1)C2(Cl)Cl)C(=O)C(=O)NCCC(=O)OC(C)(C)C. The molecule has 0 spiro atoms. The fourth-order valence-electron chi connectivity index (χ4n) is 6.40. The zero-order valence-corrected chi connectivity index (χ0v) is 29.9. The number of ether oxygens (including phenoxy) is 1. The fourth-order valence-corrected chi connectivity index (χ4v) is 7.23. The number of rotatable bonds is 13. The van der Waals surface area contributed by atoms with Crippen LogP contribution in [-0.2, 0) is 28.7 Å². The fraction of sp³-hybridized carbons (Fsp3) is 0.758. The van der Waals surface area contributed by atoms with Gasteiger partial charge in [-0.2, -0.15) is 0 Å². The molecule has 3 fully saturated rings. The summed E-state index contributed by atoms with van der Waals surface area (Å²) >= 11 is 13.1. The highest BCUT2D eigenvalue weighted by Gasteiger charge is 2.74. The summed E-state index contributed by atoms with van der Waals surface area (Å²) in [6.45, 7) is 14.3. The van der Waals surface area contributed by atoms with E-state index in [4.69, 9.17) is 27.9 Å². The highest BCUT2D eigenvalue weighted by atomic mass is 35.5. The number of hydrogen-bond donors (Lipinski definition) is 4. The second-order valence-electron chi connectivity index (χ2n) is 14.9. The van der Waals surface area contributed by atoms with Gasteiger partial charge in [-0.1, -0.05) is 25.3 Å². The summed E-state index contributed by atoms with van der Waals surface area (Å²) in [7, 11) is 0. The maximum atomic E-state index is 14.2. The lowest BCUT2D eigenvalue weighted by Crippen LogP contribution is -2.61. The van der Waals surface area contributed by atoms with Gasteiger partial charge in [-0.05, 0) is 73.1 Å². The third kappa shape index (κ3) is 10.6. The van der Waals surface area contributed by atoms with Crippen molar-refractivity contribution in [2.24, 2.45) is 17.8 Å². The van der Waals surface area contributed by atoms with E-state index in [-0.39, 0.29) is 37.8 Å². The molecule has 14 heteroatoms. The zero-order chi connectivity index (χ0) is 35.3. The number of alkyl halides is 2. The lowest BCUT2D eigenvalue weighted by Gasteiger charge is -2.37. The Morgan fingerprint density at radius 3 is 2.21 bits per heavy atom. The summed E-state index contributed by atoms with van der Waals surface area (Å²) < 4.78 is 3.98. The van der Waals surface area contributed by atoms with Crippen molar-refractivity contribution < 1.29 is 33.5 Å². The number of allylic oxidation sites excluding steroid dienone is 1. The van der Waals surface area contributed by atoms with Crippen LogP contribution >= 0.6 is 23.2 Å². The average molecular weight is 701 g/mol. The minimum Gasteiger partial charge on any atom is -0.460 e. The van der Waals surface area contributed by atoms with E-state index in [9.17, 15) is 28.8 Å². The zero-order valence-electron chi connectivity index (χ0n) is 28.4. The number of urea groups is 1. The van der Waals surface area contributed by atoms with Crippen LogP contribution in [0.5, 0.6) is 0 Å². The van der Waals surface area contributed by atoms with Gasteiger partial charge in [-0.25, -0.2) is 4.79 Å². The van der Waals surface area contributed by atoms with Crippen molar-refractivity contribution in [2.75, 3.05) is 13.1 Å². The molecule has 0 aromatic heterocycles. The number of piperidine rings is 1. The van der Waals surface area contributed by atoms with Crippen molar-refractivity contribution in [2.45, 2.75) is 127 Å². The lowest BCUT2D eigenvalue weighted by molar-refractivity contribution is -0.154. The number of nitrogens with zero attached hydrogens (tertiary/aromatic N) is 1. The largest absolute Gasteiger partial charge is 0.460 e. The van der Waals surface area contributed by atoms with E-state index >= 15 is 0 Å². The number of ketones is 1. The second kappa shape index (κ2) is 15.6.